The summed E-state index contributed by atoms with van der Waals surface area (Å²) in [7, 11) is 0. The molecule has 1 aliphatic carbocycles. The van der Waals surface area contributed by atoms with Gasteiger partial charge in [-0.2, -0.15) is 0 Å². The van der Waals surface area contributed by atoms with Gasteiger partial charge in [0.2, 0.25) is 0 Å². The van der Waals surface area contributed by atoms with E-state index in [9.17, 15) is 0 Å². The molecule has 0 N–H and O–H groups in total. The molecule has 4 nitrogen and oxygen atoms in total. The summed E-state index contributed by atoms with van der Waals surface area (Å²) in [4.78, 5) is 12.3. The maximum Gasteiger partial charge on any atom is 0.160 e. The Hall–Kier alpha value is -1.42. The zero-order valence-electron chi connectivity index (χ0n) is 13.5. The molecule has 0 aromatic carbocycles. The second kappa shape index (κ2) is 5.99. The Bertz CT molecular complexity index is 642. The van der Waals surface area contributed by atoms with Gasteiger partial charge in [0.25, 0.3) is 0 Å². The minimum atomic E-state index is 0.480. The van der Waals surface area contributed by atoms with Crippen LogP contribution in [0.5, 0.6) is 0 Å². The third kappa shape index (κ3) is 2.34. The number of nitrogens with zero attached hydrogens (tertiary/aromatic N) is 4. The van der Waals surface area contributed by atoms with Gasteiger partial charge in [0.05, 0.1) is 6.04 Å². The lowest BCUT2D eigenvalue weighted by Crippen LogP contribution is -2.35. The van der Waals surface area contributed by atoms with E-state index in [4.69, 9.17) is 4.98 Å². The number of imidazole rings is 1. The number of likely N-dealkylation sites (tertiary alicyclic amines) is 1. The van der Waals surface area contributed by atoms with Crippen LogP contribution in [0.3, 0.4) is 0 Å². The summed E-state index contributed by atoms with van der Waals surface area (Å²) in [5, 5.41) is 0. The highest BCUT2D eigenvalue weighted by Gasteiger charge is 2.31. The summed E-state index contributed by atoms with van der Waals surface area (Å²) in [6, 6.07) is 5.22. The van der Waals surface area contributed by atoms with Gasteiger partial charge in [-0.25, -0.2) is 9.97 Å². The molecule has 1 aliphatic heterocycles. The molecule has 0 amide bonds. The number of aromatic nitrogens is 3. The van der Waals surface area contributed by atoms with Crippen molar-refractivity contribution >= 4 is 11.2 Å². The summed E-state index contributed by atoms with van der Waals surface area (Å²) in [5.74, 6) is 1.28. The Balaban J connectivity index is 1.83. The maximum atomic E-state index is 5.04. The van der Waals surface area contributed by atoms with Crippen LogP contribution in [0.4, 0.5) is 0 Å². The Morgan fingerprint density at radius 2 is 1.95 bits per heavy atom. The van der Waals surface area contributed by atoms with E-state index in [2.05, 4.69) is 27.4 Å². The van der Waals surface area contributed by atoms with Gasteiger partial charge in [-0.3, -0.25) is 4.90 Å². The molecule has 2 fully saturated rings. The smallest absolute Gasteiger partial charge is 0.160 e. The van der Waals surface area contributed by atoms with Gasteiger partial charge in [0, 0.05) is 12.2 Å². The second-order valence-corrected chi connectivity index (χ2v) is 6.76. The number of rotatable bonds is 3. The molecule has 4 rings (SSSR count). The molecule has 1 saturated heterocycles. The Labute approximate surface area is 132 Å². The number of fused-ring (bicyclic) bond motifs is 1. The van der Waals surface area contributed by atoms with E-state index in [1.807, 2.05) is 12.3 Å². The van der Waals surface area contributed by atoms with Crippen molar-refractivity contribution in [2.75, 3.05) is 13.1 Å². The first-order valence-corrected chi connectivity index (χ1v) is 8.95. The van der Waals surface area contributed by atoms with Crippen LogP contribution in [-0.4, -0.2) is 32.5 Å². The molecule has 3 heterocycles. The average Bonchev–Trinajstić information content (AvgIpc) is 3.21. The lowest BCUT2D eigenvalue weighted by atomic mass is 10.0. The third-order valence-corrected chi connectivity index (χ3v) is 5.48. The van der Waals surface area contributed by atoms with Crippen molar-refractivity contribution in [1.29, 1.82) is 0 Å². The summed E-state index contributed by atoms with van der Waals surface area (Å²) in [6.45, 7) is 4.60. The van der Waals surface area contributed by atoms with Crippen molar-refractivity contribution < 1.29 is 0 Å². The highest BCUT2D eigenvalue weighted by atomic mass is 15.2. The van der Waals surface area contributed by atoms with E-state index in [1.165, 1.54) is 57.3 Å². The minimum absolute atomic E-state index is 0.480. The molecule has 22 heavy (non-hydrogen) atoms. The van der Waals surface area contributed by atoms with Gasteiger partial charge < -0.3 is 4.57 Å². The van der Waals surface area contributed by atoms with Crippen LogP contribution in [0.25, 0.3) is 11.2 Å². The van der Waals surface area contributed by atoms with Crippen LogP contribution in [0.15, 0.2) is 18.3 Å². The molecule has 1 saturated carbocycles. The lowest BCUT2D eigenvalue weighted by molar-refractivity contribution is 0.145. The van der Waals surface area contributed by atoms with Crippen molar-refractivity contribution in [3.8, 4) is 0 Å². The Kier molecular flexibility index (Phi) is 3.87. The van der Waals surface area contributed by atoms with Crippen molar-refractivity contribution in [3.63, 3.8) is 0 Å². The number of hydrogen-bond acceptors (Lipinski definition) is 3. The van der Waals surface area contributed by atoms with Crippen LogP contribution >= 0.6 is 0 Å². The Morgan fingerprint density at radius 3 is 2.77 bits per heavy atom. The monoisotopic (exact) mass is 298 g/mol. The van der Waals surface area contributed by atoms with Gasteiger partial charge >= 0.3 is 0 Å². The quantitative estimate of drug-likeness (QED) is 0.855. The Morgan fingerprint density at radius 1 is 1.14 bits per heavy atom. The van der Waals surface area contributed by atoms with Crippen molar-refractivity contribution in [3.05, 3.63) is 24.2 Å². The normalized spacial score (nSPS) is 24.3. The number of piperidine rings is 1. The molecule has 0 spiro atoms. The second-order valence-electron chi connectivity index (χ2n) is 6.76. The highest BCUT2D eigenvalue weighted by molar-refractivity contribution is 5.71. The standard InChI is InChI=1S/C18H26N4/c1-2-21-13-6-5-11-16(21)18-20-15-10-7-12-19-17(15)22(18)14-8-3-4-9-14/h7,10,12,14,16H,2-6,8-9,11,13H2,1H3. The van der Waals surface area contributed by atoms with E-state index >= 15 is 0 Å². The van der Waals surface area contributed by atoms with E-state index in [0.29, 0.717) is 12.1 Å². The van der Waals surface area contributed by atoms with Gasteiger partial charge in [0.15, 0.2) is 5.65 Å². The summed E-state index contributed by atoms with van der Waals surface area (Å²) in [6.07, 6.45) is 11.1. The van der Waals surface area contributed by atoms with E-state index in [0.717, 1.165) is 17.7 Å². The van der Waals surface area contributed by atoms with Crippen LogP contribution in [0.2, 0.25) is 0 Å². The van der Waals surface area contributed by atoms with Crippen molar-refractivity contribution in [2.45, 2.75) is 64.0 Å². The lowest BCUT2D eigenvalue weighted by Gasteiger charge is -2.35. The van der Waals surface area contributed by atoms with Crippen molar-refractivity contribution in [2.24, 2.45) is 0 Å². The summed E-state index contributed by atoms with van der Waals surface area (Å²) >= 11 is 0. The molecular weight excluding hydrogens is 272 g/mol. The minimum Gasteiger partial charge on any atom is -0.308 e. The van der Waals surface area contributed by atoms with E-state index < -0.39 is 0 Å². The van der Waals surface area contributed by atoms with Crippen molar-refractivity contribution in [1.82, 2.24) is 19.4 Å². The van der Waals surface area contributed by atoms with E-state index in [-0.39, 0.29) is 0 Å². The first-order valence-electron chi connectivity index (χ1n) is 8.95. The zero-order chi connectivity index (χ0) is 14.9. The fraction of sp³-hybridized carbons (Fsp3) is 0.667. The first kappa shape index (κ1) is 14.2. The molecular formula is C18H26N4. The molecule has 1 unspecified atom stereocenters. The average molecular weight is 298 g/mol. The molecule has 0 radical (unpaired) electrons. The van der Waals surface area contributed by atoms with Gasteiger partial charge in [0.1, 0.15) is 11.3 Å². The van der Waals surface area contributed by atoms with Crippen LogP contribution in [-0.2, 0) is 0 Å². The van der Waals surface area contributed by atoms with E-state index in [1.54, 1.807) is 0 Å². The molecule has 4 heteroatoms. The summed E-state index contributed by atoms with van der Waals surface area (Å²) in [5.41, 5.74) is 2.18. The number of pyridine rings is 1. The maximum absolute atomic E-state index is 5.04. The molecule has 2 aromatic rings. The summed E-state index contributed by atoms with van der Waals surface area (Å²) < 4.78 is 2.50. The van der Waals surface area contributed by atoms with Gasteiger partial charge in [-0.1, -0.05) is 26.2 Å². The predicted molar refractivity (Wildman–Crippen MR) is 88.9 cm³/mol. The topological polar surface area (TPSA) is 34.0 Å². The third-order valence-electron chi connectivity index (χ3n) is 5.48. The molecule has 118 valence electrons. The number of hydrogen-bond donors (Lipinski definition) is 0. The molecule has 0 bridgehead atoms. The van der Waals surface area contributed by atoms with Gasteiger partial charge in [-0.05, 0) is 50.9 Å². The largest absolute Gasteiger partial charge is 0.308 e. The molecule has 2 aromatic heterocycles. The fourth-order valence-electron chi connectivity index (χ4n) is 4.37. The van der Waals surface area contributed by atoms with Crippen LogP contribution < -0.4 is 0 Å². The molecule has 2 aliphatic rings. The van der Waals surface area contributed by atoms with Crippen LogP contribution in [0.1, 0.15) is 69.8 Å². The molecule has 1 atom stereocenters. The predicted octanol–water partition coefficient (Wildman–Crippen LogP) is 4.09. The SMILES string of the molecule is CCN1CCCCC1c1nc2cccnc2n1C1CCCC1. The highest BCUT2D eigenvalue weighted by Crippen LogP contribution is 2.38. The first-order chi connectivity index (χ1) is 10.9. The van der Waals surface area contributed by atoms with Crippen LogP contribution in [0, 0.1) is 0 Å². The van der Waals surface area contributed by atoms with Gasteiger partial charge in [-0.15, -0.1) is 0 Å². The zero-order valence-corrected chi connectivity index (χ0v) is 13.5. The fourth-order valence-corrected chi connectivity index (χ4v) is 4.37.